The first-order valence-corrected chi connectivity index (χ1v) is 24.9. The number of aliphatic hydroxyl groups is 2. The Hall–Kier alpha value is -2.18. The van der Waals surface area contributed by atoms with Gasteiger partial charge in [-0.3, -0.25) is 9.59 Å². The maximum Gasteiger partial charge on any atom is 0.306 e. The summed E-state index contributed by atoms with van der Waals surface area (Å²) >= 11 is 0. The first kappa shape index (κ1) is 55.8. The Morgan fingerprint density at radius 1 is 0.517 bits per heavy atom. The van der Waals surface area contributed by atoms with Crippen molar-refractivity contribution in [2.45, 2.75) is 264 Å². The van der Waals surface area contributed by atoms with Gasteiger partial charge in [-0.05, 0) is 70.6 Å². The Balaban J connectivity index is 4.67. The van der Waals surface area contributed by atoms with Gasteiger partial charge >= 0.3 is 5.97 Å². The molecule has 0 rings (SSSR count). The summed E-state index contributed by atoms with van der Waals surface area (Å²) in [6, 6.07) is -0.717. The quantitative estimate of drug-likeness (QED) is 0.0246. The first-order valence-electron chi connectivity index (χ1n) is 24.9. The maximum absolute atomic E-state index is 13.2. The van der Waals surface area contributed by atoms with Gasteiger partial charge in [0.1, 0.15) is 6.10 Å². The topological polar surface area (TPSA) is 95.9 Å². The highest BCUT2D eigenvalue weighted by molar-refractivity contribution is 5.77. The molecule has 0 heterocycles. The number of ether oxygens (including phenoxy) is 1. The lowest BCUT2D eigenvalue weighted by Gasteiger charge is -2.24. The van der Waals surface area contributed by atoms with Gasteiger partial charge in [0.05, 0.1) is 25.2 Å². The monoisotopic (exact) mass is 814 g/mol. The molecule has 0 fully saturated rings. The van der Waals surface area contributed by atoms with E-state index < -0.39 is 18.2 Å². The van der Waals surface area contributed by atoms with Crippen molar-refractivity contribution >= 4 is 11.9 Å². The van der Waals surface area contributed by atoms with E-state index in [0.717, 1.165) is 70.6 Å². The zero-order valence-corrected chi connectivity index (χ0v) is 38.4. The van der Waals surface area contributed by atoms with Crippen LogP contribution in [0.2, 0.25) is 0 Å². The second-order valence-corrected chi connectivity index (χ2v) is 16.9. The second-order valence-electron chi connectivity index (χ2n) is 16.9. The molecule has 0 aliphatic rings. The molecule has 3 N–H and O–H groups in total. The van der Waals surface area contributed by atoms with Gasteiger partial charge in [0, 0.05) is 6.42 Å². The lowest BCUT2D eigenvalue weighted by molar-refractivity contribution is -0.150. The van der Waals surface area contributed by atoms with Crippen LogP contribution in [-0.4, -0.2) is 46.9 Å². The van der Waals surface area contributed by atoms with Crippen LogP contribution in [0.5, 0.6) is 0 Å². The summed E-state index contributed by atoms with van der Waals surface area (Å²) in [7, 11) is 0. The third-order valence-electron chi connectivity index (χ3n) is 11.2. The number of rotatable bonds is 44. The third-order valence-corrected chi connectivity index (χ3v) is 11.2. The van der Waals surface area contributed by atoms with Gasteiger partial charge in [-0.25, -0.2) is 0 Å². The molecule has 0 aromatic carbocycles. The molecular formula is C52H95NO5. The normalized spacial score (nSPS) is 13.7. The van der Waals surface area contributed by atoms with Crippen molar-refractivity contribution in [2.75, 3.05) is 6.61 Å². The van der Waals surface area contributed by atoms with Gasteiger partial charge in [-0.15, -0.1) is 0 Å². The summed E-state index contributed by atoms with van der Waals surface area (Å²) in [4.78, 5) is 26.0. The fraction of sp³-hybridized carbons (Fsp3) is 0.808. The molecule has 0 saturated heterocycles. The summed E-state index contributed by atoms with van der Waals surface area (Å²) in [5, 5.41) is 23.7. The number of allylic oxidation sites excluding steroid dienone is 8. The summed E-state index contributed by atoms with van der Waals surface area (Å²) in [6.45, 7) is 6.42. The van der Waals surface area contributed by atoms with E-state index in [1.807, 2.05) is 6.08 Å². The summed E-state index contributed by atoms with van der Waals surface area (Å²) in [6.07, 6.45) is 54.6. The fourth-order valence-corrected chi connectivity index (χ4v) is 7.36. The zero-order chi connectivity index (χ0) is 42.4. The van der Waals surface area contributed by atoms with Crippen molar-refractivity contribution in [3.63, 3.8) is 0 Å². The van der Waals surface area contributed by atoms with Crippen LogP contribution in [0.25, 0.3) is 0 Å². The van der Waals surface area contributed by atoms with Gasteiger partial charge < -0.3 is 20.3 Å². The van der Waals surface area contributed by atoms with Crippen LogP contribution in [0.3, 0.4) is 0 Å². The molecule has 0 spiro atoms. The van der Waals surface area contributed by atoms with Crippen LogP contribution in [0.15, 0.2) is 48.6 Å². The minimum Gasteiger partial charge on any atom is -0.462 e. The van der Waals surface area contributed by atoms with Crippen molar-refractivity contribution in [3.05, 3.63) is 48.6 Å². The van der Waals surface area contributed by atoms with Crippen LogP contribution in [0.1, 0.15) is 245 Å². The average molecular weight is 814 g/mol. The molecule has 58 heavy (non-hydrogen) atoms. The Labute approximate surface area is 359 Å². The third kappa shape index (κ3) is 40.6. The van der Waals surface area contributed by atoms with Crippen LogP contribution >= 0.6 is 0 Å². The Kier molecular flexibility index (Phi) is 44.2. The van der Waals surface area contributed by atoms with Gasteiger partial charge in [0.25, 0.3) is 0 Å². The van der Waals surface area contributed by atoms with Crippen molar-refractivity contribution < 1.29 is 24.5 Å². The maximum atomic E-state index is 13.2. The van der Waals surface area contributed by atoms with Gasteiger partial charge in [-0.2, -0.15) is 0 Å². The van der Waals surface area contributed by atoms with E-state index in [1.165, 1.54) is 122 Å². The smallest absolute Gasteiger partial charge is 0.306 e. The van der Waals surface area contributed by atoms with E-state index in [1.54, 1.807) is 0 Å². The highest BCUT2D eigenvalue weighted by atomic mass is 16.5. The average Bonchev–Trinajstić information content (AvgIpc) is 3.22. The molecule has 0 aromatic heterocycles. The van der Waals surface area contributed by atoms with Crippen molar-refractivity contribution in [1.29, 1.82) is 0 Å². The number of unbranched alkanes of at least 4 members (excludes halogenated alkanes) is 25. The predicted octanol–water partition coefficient (Wildman–Crippen LogP) is 14.7. The van der Waals surface area contributed by atoms with Crippen LogP contribution in [-0.2, 0) is 14.3 Å². The Morgan fingerprint density at radius 3 is 1.45 bits per heavy atom. The molecule has 6 heteroatoms. The summed E-state index contributed by atoms with van der Waals surface area (Å²) < 4.78 is 5.87. The minimum atomic E-state index is -0.801. The van der Waals surface area contributed by atoms with E-state index in [4.69, 9.17) is 4.74 Å². The molecule has 6 nitrogen and oxygen atoms in total. The lowest BCUT2D eigenvalue weighted by atomic mass is 10.0. The number of esters is 1. The lowest BCUT2D eigenvalue weighted by Crippen LogP contribution is -2.46. The largest absolute Gasteiger partial charge is 0.462 e. The Bertz CT molecular complexity index is 1000. The number of hydrogen-bond acceptors (Lipinski definition) is 5. The molecular weight excluding hydrogens is 719 g/mol. The summed E-state index contributed by atoms with van der Waals surface area (Å²) in [5.41, 5.74) is 0. The fourth-order valence-electron chi connectivity index (χ4n) is 7.36. The second kappa shape index (κ2) is 45.9. The number of hydrogen-bond donors (Lipinski definition) is 3. The first-order chi connectivity index (χ1) is 28.5. The minimum absolute atomic E-state index is 0.0419. The van der Waals surface area contributed by atoms with E-state index in [-0.39, 0.29) is 31.3 Å². The summed E-state index contributed by atoms with van der Waals surface area (Å²) in [5.74, 6) is -0.572. The van der Waals surface area contributed by atoms with Gasteiger partial charge in [0.15, 0.2) is 0 Å². The van der Waals surface area contributed by atoms with E-state index in [2.05, 4.69) is 68.6 Å². The number of carbonyl (C=O) groups excluding carboxylic acids is 2. The van der Waals surface area contributed by atoms with Crippen LogP contribution < -0.4 is 5.32 Å². The van der Waals surface area contributed by atoms with Gasteiger partial charge in [0.2, 0.25) is 5.91 Å². The van der Waals surface area contributed by atoms with E-state index in [9.17, 15) is 19.8 Å². The van der Waals surface area contributed by atoms with E-state index >= 15 is 0 Å². The molecule has 3 unspecified atom stereocenters. The molecule has 0 aliphatic heterocycles. The van der Waals surface area contributed by atoms with Crippen LogP contribution in [0, 0.1) is 0 Å². The highest BCUT2D eigenvalue weighted by Crippen LogP contribution is 2.17. The molecule has 3 atom stereocenters. The molecule has 0 saturated carbocycles. The number of carbonyl (C=O) groups is 2. The molecule has 0 radical (unpaired) electrons. The highest BCUT2D eigenvalue weighted by Gasteiger charge is 2.24. The Morgan fingerprint density at radius 2 is 0.931 bits per heavy atom. The molecule has 0 aliphatic carbocycles. The molecule has 1 amide bonds. The molecule has 0 aromatic rings. The standard InChI is InChI=1S/C52H95NO5/c1-4-7-10-13-16-19-22-25-28-31-34-37-40-43-48(58-52(57)45-42-39-36-33-30-27-24-21-18-15-12-9-6-3)46-51(56)53-49(47-54)50(55)44-41-38-35-32-29-26-23-20-17-14-11-8-5-2/h16,19,22,25,27,30,36,39,48-50,54-55H,4-15,17-18,20-21,23-24,26,28-29,31-35,37-38,40-47H2,1-3H3,(H,53,56)/b19-16+,25-22+,30-27-,39-36+. The van der Waals surface area contributed by atoms with Crippen molar-refractivity contribution in [3.8, 4) is 0 Å². The van der Waals surface area contributed by atoms with Crippen molar-refractivity contribution in [2.24, 2.45) is 0 Å². The molecule has 0 bridgehead atoms. The number of amides is 1. The van der Waals surface area contributed by atoms with Gasteiger partial charge in [-0.1, -0.05) is 211 Å². The zero-order valence-electron chi connectivity index (χ0n) is 38.4. The number of aliphatic hydroxyl groups excluding tert-OH is 2. The molecule has 338 valence electrons. The SMILES string of the molecule is CCCCC/C=C/C=C/CCCCCCC(CC(=O)NC(CO)C(O)CCCCCCCCCCCCCCC)OC(=O)CC/C=C/C/C=C\CCCCCCCC. The number of nitrogens with one attached hydrogen (secondary N) is 1. The van der Waals surface area contributed by atoms with E-state index in [0.29, 0.717) is 19.3 Å². The van der Waals surface area contributed by atoms with Crippen LogP contribution in [0.4, 0.5) is 0 Å². The van der Waals surface area contributed by atoms with Crippen molar-refractivity contribution in [1.82, 2.24) is 5.32 Å². The predicted molar refractivity (Wildman–Crippen MR) is 250 cm³/mol.